The average Bonchev–Trinajstić information content (AvgIpc) is 2.37. The van der Waals surface area contributed by atoms with Crippen LogP contribution in [0.25, 0.3) is 0 Å². The van der Waals surface area contributed by atoms with E-state index in [1.54, 1.807) is 21.1 Å². The number of likely N-dealkylation sites (N-methyl/N-ethyl adjacent to an activating group) is 1. The van der Waals surface area contributed by atoms with Gasteiger partial charge in [-0.25, -0.2) is 4.79 Å². The monoisotopic (exact) mass is 280 g/mol. The molecule has 2 amide bonds. The lowest BCUT2D eigenvalue weighted by molar-refractivity contribution is 0.142. The van der Waals surface area contributed by atoms with Crippen LogP contribution < -0.4 is 10.1 Å². The quantitative estimate of drug-likeness (QED) is 0.868. The Morgan fingerprint density at radius 3 is 2.65 bits per heavy atom. The second kappa shape index (κ2) is 7.14. The van der Waals surface area contributed by atoms with Crippen LogP contribution in [-0.4, -0.2) is 42.8 Å². The maximum Gasteiger partial charge on any atom is 0.317 e. The second-order valence-electron chi connectivity index (χ2n) is 5.15. The molecule has 0 aliphatic carbocycles. The van der Waals surface area contributed by atoms with E-state index in [4.69, 9.17) is 4.74 Å². The van der Waals surface area contributed by atoms with Crippen molar-refractivity contribution in [2.75, 3.05) is 20.7 Å². The molecule has 20 heavy (non-hydrogen) atoms. The largest absolute Gasteiger partial charge is 0.496 e. The van der Waals surface area contributed by atoms with Crippen molar-refractivity contribution < 1.29 is 14.6 Å². The maximum absolute atomic E-state index is 12.0. The Morgan fingerprint density at radius 1 is 1.45 bits per heavy atom. The first-order valence-electron chi connectivity index (χ1n) is 6.69. The number of aryl methyl sites for hydroxylation is 1. The van der Waals surface area contributed by atoms with Crippen molar-refractivity contribution in [1.29, 1.82) is 0 Å². The fourth-order valence-corrected chi connectivity index (χ4v) is 2.04. The van der Waals surface area contributed by atoms with Gasteiger partial charge in [-0.05, 0) is 26.8 Å². The maximum atomic E-state index is 12.0. The molecule has 1 aromatic rings. The van der Waals surface area contributed by atoms with Crippen LogP contribution in [0.3, 0.4) is 0 Å². The Hall–Kier alpha value is -1.75. The first kappa shape index (κ1) is 16.3. The normalized spacial score (nSPS) is 13.5. The predicted octanol–water partition coefficient (Wildman–Crippen LogP) is 2.09. The zero-order chi connectivity index (χ0) is 15.3. The van der Waals surface area contributed by atoms with Gasteiger partial charge in [-0.2, -0.15) is 0 Å². The van der Waals surface area contributed by atoms with Crippen LogP contribution in [0, 0.1) is 6.92 Å². The molecule has 5 nitrogen and oxygen atoms in total. The lowest BCUT2D eigenvalue weighted by Gasteiger charge is -2.23. The molecule has 112 valence electrons. The molecule has 2 N–H and O–H groups in total. The molecule has 1 aromatic carbocycles. The van der Waals surface area contributed by atoms with Crippen molar-refractivity contribution in [3.8, 4) is 5.75 Å². The molecule has 0 fully saturated rings. The Morgan fingerprint density at radius 2 is 2.10 bits per heavy atom. The van der Waals surface area contributed by atoms with Gasteiger partial charge in [0.25, 0.3) is 0 Å². The molecule has 1 rings (SSSR count). The van der Waals surface area contributed by atoms with Crippen LogP contribution in [-0.2, 0) is 0 Å². The van der Waals surface area contributed by atoms with Crippen molar-refractivity contribution in [2.45, 2.75) is 32.9 Å². The molecule has 2 atom stereocenters. The number of aliphatic hydroxyl groups is 1. The minimum Gasteiger partial charge on any atom is -0.496 e. The minimum absolute atomic E-state index is 0.172. The second-order valence-corrected chi connectivity index (χ2v) is 5.15. The number of carbonyl (C=O) groups is 1. The summed E-state index contributed by atoms with van der Waals surface area (Å²) in [4.78, 5) is 13.5. The van der Waals surface area contributed by atoms with Gasteiger partial charge in [0.1, 0.15) is 5.75 Å². The first-order valence-corrected chi connectivity index (χ1v) is 6.69. The highest BCUT2D eigenvalue weighted by Gasteiger charge is 2.17. The number of hydrogen-bond acceptors (Lipinski definition) is 3. The molecule has 0 saturated carbocycles. The number of carbonyl (C=O) groups excluding carboxylic acids is 1. The highest BCUT2D eigenvalue weighted by atomic mass is 16.5. The number of amides is 2. The highest BCUT2D eigenvalue weighted by Crippen LogP contribution is 2.26. The number of nitrogens with zero attached hydrogens (tertiary/aromatic N) is 1. The molecule has 0 aliphatic heterocycles. The van der Waals surface area contributed by atoms with Crippen LogP contribution in [0.1, 0.15) is 31.0 Å². The zero-order valence-electron chi connectivity index (χ0n) is 12.8. The van der Waals surface area contributed by atoms with Gasteiger partial charge in [-0.1, -0.05) is 17.7 Å². The van der Waals surface area contributed by atoms with E-state index in [2.05, 4.69) is 5.32 Å². The molecule has 0 saturated heterocycles. The van der Waals surface area contributed by atoms with Crippen LogP contribution in [0.2, 0.25) is 0 Å². The number of nitrogens with one attached hydrogen (secondary N) is 1. The first-order chi connectivity index (χ1) is 9.35. The van der Waals surface area contributed by atoms with Crippen LogP contribution in [0.5, 0.6) is 5.75 Å². The van der Waals surface area contributed by atoms with Gasteiger partial charge in [-0.15, -0.1) is 0 Å². The molecule has 0 aliphatic rings. The molecule has 0 spiro atoms. The summed E-state index contributed by atoms with van der Waals surface area (Å²) in [5.74, 6) is 0.751. The number of rotatable bonds is 5. The fraction of sp³-hybridized carbons (Fsp3) is 0.533. The van der Waals surface area contributed by atoms with E-state index in [1.807, 2.05) is 32.0 Å². The van der Waals surface area contributed by atoms with Crippen molar-refractivity contribution >= 4 is 6.03 Å². The van der Waals surface area contributed by atoms with E-state index in [-0.39, 0.29) is 12.1 Å². The number of aliphatic hydroxyl groups excluding tert-OH is 1. The summed E-state index contributed by atoms with van der Waals surface area (Å²) in [5, 5.41) is 12.2. The van der Waals surface area contributed by atoms with Gasteiger partial charge in [0.15, 0.2) is 0 Å². The summed E-state index contributed by atoms with van der Waals surface area (Å²) in [7, 11) is 3.27. The Labute approximate surface area is 120 Å². The predicted molar refractivity (Wildman–Crippen MR) is 79.0 cm³/mol. The minimum atomic E-state index is -0.547. The van der Waals surface area contributed by atoms with Crippen molar-refractivity contribution in [3.05, 3.63) is 29.3 Å². The number of methoxy groups -OCH3 is 1. The lowest BCUT2D eigenvalue weighted by Crippen LogP contribution is -2.41. The van der Waals surface area contributed by atoms with Gasteiger partial charge in [0.2, 0.25) is 0 Å². The van der Waals surface area contributed by atoms with E-state index in [0.717, 1.165) is 16.9 Å². The standard InChI is InChI=1S/C15H24N2O3/c1-10-6-7-14(20-5)13(8-10)12(3)16-15(19)17(4)9-11(2)18/h6-8,11-12,18H,9H2,1-5H3,(H,16,19). The number of hydrogen-bond donors (Lipinski definition) is 2. The fourth-order valence-electron chi connectivity index (χ4n) is 2.04. The third kappa shape index (κ3) is 4.42. The Kier molecular flexibility index (Phi) is 5.82. The zero-order valence-corrected chi connectivity index (χ0v) is 12.8. The summed E-state index contributed by atoms with van der Waals surface area (Å²) in [6, 6.07) is 5.47. The third-order valence-electron chi connectivity index (χ3n) is 3.08. The Balaban J connectivity index is 2.78. The summed E-state index contributed by atoms with van der Waals surface area (Å²) in [5.41, 5.74) is 2.05. The van der Waals surface area contributed by atoms with E-state index >= 15 is 0 Å². The molecule has 2 unspecified atom stereocenters. The molecule has 0 bridgehead atoms. The van der Waals surface area contributed by atoms with Gasteiger partial charge in [0, 0.05) is 19.2 Å². The topological polar surface area (TPSA) is 61.8 Å². The van der Waals surface area contributed by atoms with E-state index in [9.17, 15) is 9.90 Å². The summed E-state index contributed by atoms with van der Waals surface area (Å²) in [6.07, 6.45) is -0.547. The number of benzene rings is 1. The van der Waals surface area contributed by atoms with Gasteiger partial charge in [0.05, 0.1) is 19.3 Å². The average molecular weight is 280 g/mol. The number of ether oxygens (including phenoxy) is 1. The molecular weight excluding hydrogens is 256 g/mol. The van der Waals surface area contributed by atoms with Gasteiger partial charge >= 0.3 is 6.03 Å². The molecule has 0 radical (unpaired) electrons. The smallest absolute Gasteiger partial charge is 0.317 e. The highest BCUT2D eigenvalue weighted by molar-refractivity contribution is 5.74. The third-order valence-corrected chi connectivity index (χ3v) is 3.08. The van der Waals surface area contributed by atoms with Crippen LogP contribution in [0.4, 0.5) is 4.79 Å². The molecule has 5 heteroatoms. The SMILES string of the molecule is COc1ccc(C)cc1C(C)NC(=O)N(C)CC(C)O. The van der Waals surface area contributed by atoms with Crippen molar-refractivity contribution in [2.24, 2.45) is 0 Å². The van der Waals surface area contributed by atoms with E-state index < -0.39 is 6.10 Å². The molecule has 0 heterocycles. The number of urea groups is 1. The van der Waals surface area contributed by atoms with Crippen LogP contribution in [0.15, 0.2) is 18.2 Å². The van der Waals surface area contributed by atoms with E-state index in [1.165, 1.54) is 4.90 Å². The summed E-state index contributed by atoms with van der Waals surface area (Å²) in [6.45, 7) is 5.85. The van der Waals surface area contributed by atoms with Gasteiger partial charge in [-0.3, -0.25) is 0 Å². The van der Waals surface area contributed by atoms with Crippen molar-refractivity contribution in [1.82, 2.24) is 10.2 Å². The van der Waals surface area contributed by atoms with E-state index in [0.29, 0.717) is 6.54 Å². The molecular formula is C15H24N2O3. The molecule has 0 aromatic heterocycles. The lowest BCUT2D eigenvalue weighted by atomic mass is 10.0. The Bertz CT molecular complexity index is 460. The summed E-state index contributed by atoms with van der Waals surface area (Å²) >= 11 is 0. The summed E-state index contributed by atoms with van der Waals surface area (Å²) < 4.78 is 5.32. The van der Waals surface area contributed by atoms with Crippen molar-refractivity contribution in [3.63, 3.8) is 0 Å². The van der Waals surface area contributed by atoms with Crippen LogP contribution >= 0.6 is 0 Å². The van der Waals surface area contributed by atoms with Gasteiger partial charge < -0.3 is 20.1 Å².